The van der Waals surface area contributed by atoms with E-state index in [-0.39, 0.29) is 18.2 Å². The van der Waals surface area contributed by atoms with Crippen LogP contribution in [0.15, 0.2) is 61.2 Å². The normalized spacial score (nSPS) is 25.4. The van der Waals surface area contributed by atoms with Gasteiger partial charge >= 0.3 is 6.18 Å². The Kier molecular flexibility index (Phi) is 8.54. The molecule has 0 aromatic heterocycles. The molecule has 36 heavy (non-hydrogen) atoms. The second-order valence-electron chi connectivity index (χ2n) is 10.2. The molecule has 0 spiro atoms. The van der Waals surface area contributed by atoms with Crippen LogP contribution in [-0.4, -0.2) is 33.7 Å². The maximum Gasteiger partial charge on any atom is 0.416 e. The second kappa shape index (κ2) is 10.8. The third kappa shape index (κ3) is 5.76. The van der Waals surface area contributed by atoms with Crippen LogP contribution in [0.1, 0.15) is 69.5 Å². The summed E-state index contributed by atoms with van der Waals surface area (Å²) in [5.41, 5.74) is -2.22. The Morgan fingerprint density at radius 2 is 1.81 bits per heavy atom. The van der Waals surface area contributed by atoms with Crippen LogP contribution in [0.2, 0.25) is 10.0 Å². The van der Waals surface area contributed by atoms with Gasteiger partial charge in [0.1, 0.15) is 0 Å². The maximum atomic E-state index is 14.1. The summed E-state index contributed by atoms with van der Waals surface area (Å²) in [6, 6.07) is 12.9. The maximum absolute atomic E-state index is 14.1. The molecule has 2 aromatic rings. The number of amides is 1. The molecule has 1 saturated heterocycles. The zero-order valence-electron chi connectivity index (χ0n) is 20.7. The van der Waals surface area contributed by atoms with Crippen LogP contribution in [0.5, 0.6) is 0 Å². The minimum atomic E-state index is -4.84. The van der Waals surface area contributed by atoms with Crippen molar-refractivity contribution >= 4 is 29.1 Å². The summed E-state index contributed by atoms with van der Waals surface area (Å²) in [7, 11) is 0. The highest BCUT2D eigenvalue weighted by Gasteiger charge is 2.55. The molecule has 1 amide bonds. The predicted octanol–water partition coefficient (Wildman–Crippen LogP) is 8.12. The van der Waals surface area contributed by atoms with Gasteiger partial charge in [0.15, 0.2) is 5.60 Å². The molecular formula is C28H32Cl2F3NO2. The van der Waals surface area contributed by atoms with Crippen molar-refractivity contribution in [3.63, 3.8) is 0 Å². The second-order valence-corrected chi connectivity index (χ2v) is 11.0. The van der Waals surface area contributed by atoms with Gasteiger partial charge in [-0.05, 0) is 61.6 Å². The summed E-state index contributed by atoms with van der Waals surface area (Å²) in [5, 5.41) is 11.4. The van der Waals surface area contributed by atoms with Gasteiger partial charge in [-0.25, -0.2) is 0 Å². The first-order chi connectivity index (χ1) is 16.7. The fourth-order valence-corrected chi connectivity index (χ4v) is 5.63. The summed E-state index contributed by atoms with van der Waals surface area (Å²) in [6.45, 7) is 8.14. The average Bonchev–Trinajstić information content (AvgIpc) is 2.79. The number of piperidine rings is 1. The molecule has 196 valence electrons. The minimum Gasteiger partial charge on any atom is -0.381 e. The van der Waals surface area contributed by atoms with Gasteiger partial charge in [0.05, 0.1) is 11.5 Å². The van der Waals surface area contributed by atoms with Gasteiger partial charge in [-0.3, -0.25) is 4.79 Å². The summed E-state index contributed by atoms with van der Waals surface area (Å²) in [5.74, 6) is -0.525. The quantitative estimate of drug-likeness (QED) is 0.343. The van der Waals surface area contributed by atoms with Gasteiger partial charge in [-0.1, -0.05) is 67.4 Å². The number of aliphatic hydroxyl groups is 1. The molecule has 1 aliphatic heterocycles. The topological polar surface area (TPSA) is 40.5 Å². The van der Waals surface area contributed by atoms with E-state index in [0.29, 0.717) is 22.9 Å². The lowest BCUT2D eigenvalue weighted by molar-refractivity contribution is -0.259. The highest BCUT2D eigenvalue weighted by molar-refractivity contribution is 6.30. The first-order valence-corrected chi connectivity index (χ1v) is 12.7. The molecule has 3 rings (SSSR count). The number of halogens is 5. The highest BCUT2D eigenvalue weighted by Crippen LogP contribution is 2.53. The molecule has 3 nitrogen and oxygen atoms in total. The van der Waals surface area contributed by atoms with Crippen molar-refractivity contribution < 1.29 is 23.1 Å². The van der Waals surface area contributed by atoms with Crippen LogP contribution in [0.25, 0.3) is 0 Å². The lowest BCUT2D eigenvalue weighted by atomic mass is 9.66. The zero-order valence-corrected chi connectivity index (χ0v) is 22.2. The van der Waals surface area contributed by atoms with Gasteiger partial charge in [-0.15, -0.1) is 6.58 Å². The predicted molar refractivity (Wildman–Crippen MR) is 138 cm³/mol. The summed E-state index contributed by atoms with van der Waals surface area (Å²) >= 11 is 12.5. The van der Waals surface area contributed by atoms with Gasteiger partial charge in [0.25, 0.3) is 0 Å². The fourth-order valence-electron chi connectivity index (χ4n) is 5.30. The minimum absolute atomic E-state index is 0.231. The molecule has 0 radical (unpaired) electrons. The molecule has 0 aliphatic carbocycles. The first kappa shape index (κ1) is 28.5. The van der Waals surface area contributed by atoms with E-state index in [4.69, 9.17) is 23.2 Å². The lowest BCUT2D eigenvalue weighted by Crippen LogP contribution is -2.58. The number of hydrogen-bond donors (Lipinski definition) is 1. The van der Waals surface area contributed by atoms with Crippen LogP contribution in [0, 0.1) is 5.41 Å². The molecule has 0 saturated carbocycles. The number of rotatable bonds is 8. The molecule has 1 fully saturated rings. The van der Waals surface area contributed by atoms with Crippen molar-refractivity contribution in [3.05, 3.63) is 82.4 Å². The van der Waals surface area contributed by atoms with Crippen LogP contribution in [0.3, 0.4) is 0 Å². The molecule has 2 aromatic carbocycles. The Hall–Kier alpha value is -2.02. The van der Waals surface area contributed by atoms with Gasteiger partial charge in [0, 0.05) is 28.4 Å². The van der Waals surface area contributed by atoms with E-state index in [0.717, 1.165) is 18.1 Å². The SMILES string of the molecule is C=CC[C@@]1(C)C[C@H](c2cccc(Cl)c2)C(c2ccc(Cl)cc2)N([C@@H](CC)C[C@@](C)(O)C(F)(F)F)C1=O. The number of benzene rings is 2. The van der Waals surface area contributed by atoms with Crippen molar-refractivity contribution in [1.29, 1.82) is 0 Å². The van der Waals surface area contributed by atoms with Crippen LogP contribution >= 0.6 is 23.2 Å². The van der Waals surface area contributed by atoms with E-state index in [1.54, 1.807) is 48.2 Å². The Bertz CT molecular complexity index is 1090. The lowest BCUT2D eigenvalue weighted by Gasteiger charge is -2.53. The molecule has 1 N–H and O–H groups in total. The highest BCUT2D eigenvalue weighted by atomic mass is 35.5. The third-order valence-corrected chi connectivity index (χ3v) is 7.78. The number of carbonyl (C=O) groups excluding carboxylic acids is 1. The monoisotopic (exact) mass is 541 g/mol. The third-order valence-electron chi connectivity index (χ3n) is 7.29. The van der Waals surface area contributed by atoms with E-state index in [9.17, 15) is 23.1 Å². The van der Waals surface area contributed by atoms with Crippen LogP contribution in [0.4, 0.5) is 13.2 Å². The standard InChI is InChI=1S/C28H32Cl2F3NO2/c1-5-14-26(3)17-23(19-8-7-9-21(30)15-19)24(18-10-12-20(29)13-11-18)34(25(26)35)22(6-2)16-27(4,36)28(31,32)33/h5,7-13,15,22-24,36H,1,6,14,16-17H2,2-4H3/t22-,23+,24?,26-,27+/m0/s1. The Labute approximate surface area is 220 Å². The van der Waals surface area contributed by atoms with E-state index >= 15 is 0 Å². The number of carbonyl (C=O) groups is 1. The van der Waals surface area contributed by atoms with Gasteiger partial charge < -0.3 is 10.0 Å². The summed E-state index contributed by atoms with van der Waals surface area (Å²) in [4.78, 5) is 15.7. The van der Waals surface area contributed by atoms with Crippen molar-refractivity contribution in [2.45, 2.75) is 76.2 Å². The molecule has 1 aliphatic rings. The van der Waals surface area contributed by atoms with Crippen LogP contribution in [-0.2, 0) is 4.79 Å². The van der Waals surface area contributed by atoms with E-state index in [1.807, 2.05) is 25.1 Å². The van der Waals surface area contributed by atoms with Crippen molar-refractivity contribution in [2.24, 2.45) is 5.41 Å². The molecule has 0 bridgehead atoms. The van der Waals surface area contributed by atoms with Gasteiger partial charge in [0.2, 0.25) is 5.91 Å². The summed E-state index contributed by atoms with van der Waals surface area (Å²) in [6.07, 6.45) is -2.77. The molecular weight excluding hydrogens is 510 g/mol. The van der Waals surface area contributed by atoms with Crippen molar-refractivity contribution in [3.8, 4) is 0 Å². The first-order valence-electron chi connectivity index (χ1n) is 12.0. The number of alkyl halides is 3. The fraction of sp³-hybridized carbons (Fsp3) is 0.464. The van der Waals surface area contributed by atoms with E-state index in [2.05, 4.69) is 6.58 Å². The van der Waals surface area contributed by atoms with Crippen LogP contribution < -0.4 is 0 Å². The number of allylic oxidation sites excluding steroid dienone is 1. The molecule has 5 atom stereocenters. The Balaban J connectivity index is 2.24. The molecule has 1 heterocycles. The largest absolute Gasteiger partial charge is 0.416 e. The van der Waals surface area contributed by atoms with Crippen molar-refractivity contribution in [2.75, 3.05) is 0 Å². The van der Waals surface area contributed by atoms with Gasteiger partial charge in [-0.2, -0.15) is 13.2 Å². The molecule has 1 unspecified atom stereocenters. The number of nitrogens with zero attached hydrogens (tertiary/aromatic N) is 1. The Morgan fingerprint density at radius 1 is 1.17 bits per heavy atom. The summed E-state index contributed by atoms with van der Waals surface area (Å²) < 4.78 is 41.2. The number of likely N-dealkylation sites (tertiary alicyclic amines) is 1. The Morgan fingerprint density at radius 3 is 2.33 bits per heavy atom. The van der Waals surface area contributed by atoms with E-state index < -0.39 is 35.7 Å². The zero-order chi connectivity index (χ0) is 26.9. The van der Waals surface area contributed by atoms with Crippen molar-refractivity contribution in [1.82, 2.24) is 4.90 Å². The smallest absolute Gasteiger partial charge is 0.381 e. The number of hydrogen-bond acceptors (Lipinski definition) is 2. The van der Waals surface area contributed by atoms with E-state index in [1.165, 1.54) is 0 Å². The molecule has 8 heteroatoms. The average molecular weight is 542 g/mol.